The van der Waals surface area contributed by atoms with E-state index >= 15 is 0 Å². The van der Waals surface area contributed by atoms with Crippen LogP contribution in [0, 0.1) is 0 Å². The fraction of sp³-hybridized carbons (Fsp3) is 0.385. The lowest BCUT2D eigenvalue weighted by Crippen LogP contribution is -2.46. The third kappa shape index (κ3) is 2.22. The number of carbonyl (C=O) groups excluding carboxylic acids is 1. The number of oxazole rings is 1. The summed E-state index contributed by atoms with van der Waals surface area (Å²) in [5.41, 5.74) is 2.55. The molecule has 1 aromatic heterocycles. The second kappa shape index (κ2) is 4.78. The summed E-state index contributed by atoms with van der Waals surface area (Å²) in [5, 5.41) is 3.24. The Balaban J connectivity index is 1.72. The average molecular weight is 245 g/mol. The van der Waals surface area contributed by atoms with Gasteiger partial charge in [-0.3, -0.25) is 4.79 Å². The van der Waals surface area contributed by atoms with Crippen molar-refractivity contribution in [3.05, 3.63) is 30.2 Å². The minimum atomic E-state index is 0.180. The predicted molar refractivity (Wildman–Crippen MR) is 67.2 cm³/mol. The minimum Gasteiger partial charge on any atom is -0.443 e. The van der Waals surface area contributed by atoms with Gasteiger partial charge in [0, 0.05) is 26.2 Å². The van der Waals surface area contributed by atoms with E-state index < -0.39 is 0 Å². The van der Waals surface area contributed by atoms with Crippen LogP contribution in [0.3, 0.4) is 0 Å². The maximum absolute atomic E-state index is 12.1. The first kappa shape index (κ1) is 11.2. The fourth-order valence-electron chi connectivity index (χ4n) is 2.21. The van der Waals surface area contributed by atoms with Crippen LogP contribution in [0.1, 0.15) is 5.56 Å². The summed E-state index contributed by atoms with van der Waals surface area (Å²) in [5.74, 6) is 0.180. The number of nitrogens with one attached hydrogen (secondary N) is 1. The molecule has 1 amide bonds. The van der Waals surface area contributed by atoms with Crippen LogP contribution in [-0.2, 0) is 11.2 Å². The Labute approximate surface area is 105 Å². The second-order valence-corrected chi connectivity index (χ2v) is 4.46. The molecule has 18 heavy (non-hydrogen) atoms. The summed E-state index contributed by atoms with van der Waals surface area (Å²) in [6.07, 6.45) is 1.86. The van der Waals surface area contributed by atoms with Crippen molar-refractivity contribution < 1.29 is 9.21 Å². The first-order chi connectivity index (χ1) is 8.83. The summed E-state index contributed by atoms with van der Waals surface area (Å²) in [6, 6.07) is 5.70. The molecule has 0 bridgehead atoms. The lowest BCUT2D eigenvalue weighted by atomic mass is 10.1. The van der Waals surface area contributed by atoms with E-state index in [0.717, 1.165) is 42.8 Å². The number of amides is 1. The zero-order chi connectivity index (χ0) is 12.4. The Morgan fingerprint density at radius 3 is 3.06 bits per heavy atom. The maximum atomic E-state index is 12.1. The second-order valence-electron chi connectivity index (χ2n) is 4.46. The lowest BCUT2D eigenvalue weighted by molar-refractivity contribution is -0.131. The Morgan fingerprint density at radius 2 is 2.22 bits per heavy atom. The van der Waals surface area contributed by atoms with E-state index in [1.54, 1.807) is 0 Å². The standard InChI is InChI=1S/C13H15N3O2/c17-13(16-5-3-14-4-6-16)8-10-1-2-12-11(7-10)15-9-18-12/h1-2,7,9,14H,3-6,8H2. The molecular weight excluding hydrogens is 230 g/mol. The summed E-state index contributed by atoms with van der Waals surface area (Å²) in [7, 11) is 0. The van der Waals surface area contributed by atoms with Gasteiger partial charge in [-0.05, 0) is 17.7 Å². The molecule has 5 heteroatoms. The maximum Gasteiger partial charge on any atom is 0.227 e. The molecule has 0 atom stereocenters. The first-order valence-electron chi connectivity index (χ1n) is 6.13. The van der Waals surface area contributed by atoms with Crippen LogP contribution in [-0.4, -0.2) is 42.0 Å². The minimum absolute atomic E-state index is 0.180. The van der Waals surface area contributed by atoms with Crippen molar-refractivity contribution in [3.8, 4) is 0 Å². The van der Waals surface area contributed by atoms with E-state index in [2.05, 4.69) is 10.3 Å². The molecule has 1 aliphatic heterocycles. The van der Waals surface area contributed by atoms with Gasteiger partial charge < -0.3 is 14.6 Å². The van der Waals surface area contributed by atoms with Crippen LogP contribution >= 0.6 is 0 Å². The smallest absolute Gasteiger partial charge is 0.227 e. The molecule has 0 unspecified atom stereocenters. The highest BCUT2D eigenvalue weighted by Gasteiger charge is 2.16. The van der Waals surface area contributed by atoms with Crippen LogP contribution in [0.2, 0.25) is 0 Å². The van der Waals surface area contributed by atoms with Crippen LogP contribution in [0.4, 0.5) is 0 Å². The number of carbonyl (C=O) groups is 1. The molecule has 1 N–H and O–H groups in total. The zero-order valence-electron chi connectivity index (χ0n) is 10.1. The number of hydrogen-bond donors (Lipinski definition) is 1. The highest BCUT2D eigenvalue weighted by Crippen LogP contribution is 2.15. The van der Waals surface area contributed by atoms with Crippen molar-refractivity contribution in [2.75, 3.05) is 26.2 Å². The van der Waals surface area contributed by atoms with Gasteiger partial charge in [0.1, 0.15) is 5.52 Å². The van der Waals surface area contributed by atoms with Crippen LogP contribution < -0.4 is 5.32 Å². The van der Waals surface area contributed by atoms with E-state index in [1.807, 2.05) is 23.1 Å². The fourth-order valence-corrected chi connectivity index (χ4v) is 2.21. The monoisotopic (exact) mass is 245 g/mol. The van der Waals surface area contributed by atoms with Crippen molar-refractivity contribution >= 4 is 17.0 Å². The van der Waals surface area contributed by atoms with Crippen molar-refractivity contribution in [1.82, 2.24) is 15.2 Å². The SMILES string of the molecule is O=C(Cc1ccc2ocnc2c1)N1CCNCC1. The van der Waals surface area contributed by atoms with E-state index in [4.69, 9.17) is 4.42 Å². The molecule has 0 radical (unpaired) electrons. The number of nitrogens with zero attached hydrogens (tertiary/aromatic N) is 2. The van der Waals surface area contributed by atoms with Gasteiger partial charge in [-0.15, -0.1) is 0 Å². The molecule has 3 rings (SSSR count). The van der Waals surface area contributed by atoms with Crippen LogP contribution in [0.15, 0.2) is 29.0 Å². The van der Waals surface area contributed by atoms with Gasteiger partial charge in [0.05, 0.1) is 6.42 Å². The van der Waals surface area contributed by atoms with Gasteiger partial charge in [0.15, 0.2) is 12.0 Å². The Bertz CT molecular complexity index is 558. The molecule has 2 aromatic rings. The molecular formula is C13H15N3O2. The molecule has 0 saturated carbocycles. The van der Waals surface area contributed by atoms with Crippen molar-refractivity contribution in [2.24, 2.45) is 0 Å². The van der Waals surface area contributed by atoms with Gasteiger partial charge in [0.2, 0.25) is 5.91 Å². The Morgan fingerprint density at radius 1 is 1.39 bits per heavy atom. The number of rotatable bonds is 2. The van der Waals surface area contributed by atoms with E-state index in [1.165, 1.54) is 6.39 Å². The lowest BCUT2D eigenvalue weighted by Gasteiger charge is -2.27. The van der Waals surface area contributed by atoms with Gasteiger partial charge in [-0.25, -0.2) is 4.98 Å². The summed E-state index contributed by atoms with van der Waals surface area (Å²) < 4.78 is 5.18. The molecule has 2 heterocycles. The van der Waals surface area contributed by atoms with Gasteiger partial charge in [-0.2, -0.15) is 0 Å². The highest BCUT2D eigenvalue weighted by atomic mass is 16.3. The highest BCUT2D eigenvalue weighted by molar-refractivity contribution is 5.81. The largest absolute Gasteiger partial charge is 0.443 e. The van der Waals surface area contributed by atoms with Crippen molar-refractivity contribution in [3.63, 3.8) is 0 Å². The van der Waals surface area contributed by atoms with Crippen molar-refractivity contribution in [1.29, 1.82) is 0 Å². The zero-order valence-corrected chi connectivity index (χ0v) is 10.1. The summed E-state index contributed by atoms with van der Waals surface area (Å²) >= 11 is 0. The Kier molecular flexibility index (Phi) is 2.98. The normalized spacial score (nSPS) is 16.1. The van der Waals surface area contributed by atoms with E-state index in [0.29, 0.717) is 6.42 Å². The van der Waals surface area contributed by atoms with Crippen molar-refractivity contribution in [2.45, 2.75) is 6.42 Å². The quantitative estimate of drug-likeness (QED) is 0.850. The number of benzene rings is 1. The van der Waals surface area contributed by atoms with Gasteiger partial charge >= 0.3 is 0 Å². The molecule has 94 valence electrons. The Hall–Kier alpha value is -1.88. The number of piperazine rings is 1. The molecule has 0 spiro atoms. The molecule has 1 aliphatic rings. The molecule has 1 fully saturated rings. The average Bonchev–Trinajstić information content (AvgIpc) is 2.87. The van der Waals surface area contributed by atoms with E-state index in [9.17, 15) is 4.79 Å². The summed E-state index contributed by atoms with van der Waals surface area (Å²) in [6.45, 7) is 3.36. The van der Waals surface area contributed by atoms with Gasteiger partial charge in [0.25, 0.3) is 0 Å². The van der Waals surface area contributed by atoms with Crippen LogP contribution in [0.25, 0.3) is 11.1 Å². The number of hydrogen-bond acceptors (Lipinski definition) is 4. The van der Waals surface area contributed by atoms with Crippen LogP contribution in [0.5, 0.6) is 0 Å². The molecule has 1 aromatic carbocycles. The number of aromatic nitrogens is 1. The van der Waals surface area contributed by atoms with E-state index in [-0.39, 0.29) is 5.91 Å². The molecule has 5 nitrogen and oxygen atoms in total. The van der Waals surface area contributed by atoms with Gasteiger partial charge in [-0.1, -0.05) is 6.07 Å². The first-order valence-corrected chi connectivity index (χ1v) is 6.13. The topological polar surface area (TPSA) is 58.4 Å². The molecule has 0 aliphatic carbocycles. The summed E-state index contributed by atoms with van der Waals surface area (Å²) in [4.78, 5) is 18.1. The molecule has 1 saturated heterocycles. The third-order valence-corrected chi connectivity index (χ3v) is 3.22. The third-order valence-electron chi connectivity index (χ3n) is 3.22. The predicted octanol–water partition coefficient (Wildman–Crippen LogP) is 0.802. The number of fused-ring (bicyclic) bond motifs is 1.